The van der Waals surface area contributed by atoms with Gasteiger partial charge < -0.3 is 8.97 Å². The molecule has 0 unspecified atom stereocenters. The molecule has 0 amide bonds. The van der Waals surface area contributed by atoms with Gasteiger partial charge in [0.05, 0.1) is 27.5 Å². The lowest BCUT2D eigenvalue weighted by Crippen LogP contribution is -1.90. The molecule has 0 N–H and O–H groups in total. The van der Waals surface area contributed by atoms with Gasteiger partial charge in [-0.1, -0.05) is 48.5 Å². The van der Waals surface area contributed by atoms with Crippen LogP contribution in [-0.2, 0) is 7.05 Å². The lowest BCUT2D eigenvalue weighted by atomic mass is 10.0. The number of hydrogen-bond acceptors (Lipinski definition) is 0. The third-order valence-electron chi connectivity index (χ3n) is 6.13. The van der Waals surface area contributed by atoms with E-state index in [1.807, 2.05) is 36.7 Å². The minimum absolute atomic E-state index is 0.153. The fourth-order valence-corrected chi connectivity index (χ4v) is 5.02. The number of benzene rings is 4. The molecule has 7 rings (SSSR count). The molecule has 2 heteroatoms. The first-order chi connectivity index (χ1) is 15.4. The summed E-state index contributed by atoms with van der Waals surface area (Å²) in [7, 11) is 1.87. The van der Waals surface area contributed by atoms with Crippen molar-refractivity contribution in [2.45, 2.75) is 6.92 Å². The van der Waals surface area contributed by atoms with Crippen LogP contribution in [0.15, 0.2) is 72.7 Å². The Hall–Kier alpha value is -3.52. The molecule has 0 spiro atoms. The van der Waals surface area contributed by atoms with E-state index >= 15 is 0 Å². The smallest absolute Gasteiger partial charge is 0.0648 e. The minimum atomic E-state index is 0.153. The Morgan fingerprint density at radius 2 is 1.46 bits per heavy atom. The summed E-state index contributed by atoms with van der Waals surface area (Å²) in [5.74, 6) is 0. The zero-order valence-electron chi connectivity index (χ0n) is 19.5. The third kappa shape index (κ3) is 1.49. The van der Waals surface area contributed by atoms with Gasteiger partial charge in [-0.25, -0.2) is 0 Å². The van der Waals surface area contributed by atoms with Crippen molar-refractivity contribution in [3.05, 3.63) is 78.3 Å². The first kappa shape index (κ1) is 11.4. The molecule has 7 aromatic rings. The molecule has 0 saturated heterocycles. The van der Waals surface area contributed by atoms with Gasteiger partial charge in [0.2, 0.25) is 0 Å². The predicted octanol–water partition coefficient (Wildman–Crippen LogP) is 6.79. The third-order valence-corrected chi connectivity index (χ3v) is 6.13. The minimum Gasteiger partial charge on any atom is -0.344 e. The molecule has 0 radical (unpaired) electrons. The van der Waals surface area contributed by atoms with Gasteiger partial charge in [0.25, 0.3) is 0 Å². The normalized spacial score (nSPS) is 14.6. The summed E-state index contributed by atoms with van der Waals surface area (Å²) >= 11 is 0. The Morgan fingerprint density at radius 3 is 2.36 bits per heavy atom. The van der Waals surface area contributed by atoms with Crippen LogP contribution in [0.1, 0.15) is 11.0 Å². The van der Waals surface area contributed by atoms with Crippen molar-refractivity contribution in [3.63, 3.8) is 0 Å². The summed E-state index contributed by atoms with van der Waals surface area (Å²) in [4.78, 5) is 0. The van der Waals surface area contributed by atoms with Crippen molar-refractivity contribution in [2.75, 3.05) is 0 Å². The van der Waals surface area contributed by atoms with E-state index in [2.05, 4.69) is 28.7 Å². The Labute approximate surface area is 167 Å². The molecule has 0 aliphatic rings. The first-order valence-electron chi connectivity index (χ1n) is 11.5. The average Bonchev–Trinajstić information content (AvgIpc) is 3.24. The van der Waals surface area contributed by atoms with Crippen LogP contribution < -0.4 is 0 Å². The Balaban J connectivity index is 2.08. The van der Waals surface area contributed by atoms with Crippen LogP contribution in [0.3, 0.4) is 0 Å². The highest BCUT2D eigenvalue weighted by molar-refractivity contribution is 6.30. The average molecular weight is 362 g/mol. The zero-order valence-corrected chi connectivity index (χ0v) is 15.5. The Morgan fingerprint density at radius 1 is 0.714 bits per heavy atom. The molecule has 0 saturated carbocycles. The highest BCUT2D eigenvalue weighted by Gasteiger charge is 2.20. The summed E-state index contributed by atoms with van der Waals surface area (Å²) in [6, 6.07) is 17.2. The summed E-state index contributed by atoms with van der Waals surface area (Å²) in [6.07, 6.45) is 0. The number of aromatic nitrogens is 2. The number of hydrogen-bond donors (Lipinski definition) is 0. The van der Waals surface area contributed by atoms with Crippen LogP contribution in [0.2, 0.25) is 0 Å². The summed E-state index contributed by atoms with van der Waals surface area (Å²) in [5.41, 5.74) is 4.76. The standard InChI is InChI=1S/C26H18N2/c1-15-13-22-25-23(14-15)28-20-11-4-3-7-16(20)18-9-5-10-19(26(18)28)17-8-6-12-21(24(17)25)27(22)2/h3-14H,1-2H3/i6D,12D,13D,14D. The van der Waals surface area contributed by atoms with Gasteiger partial charge in [0, 0.05) is 39.5 Å². The van der Waals surface area contributed by atoms with Gasteiger partial charge in [0.15, 0.2) is 0 Å². The molecule has 4 aromatic carbocycles. The van der Waals surface area contributed by atoms with E-state index in [0.29, 0.717) is 28.7 Å². The van der Waals surface area contributed by atoms with Crippen LogP contribution in [-0.4, -0.2) is 8.97 Å². The molecule has 0 aliphatic carbocycles. The van der Waals surface area contributed by atoms with Crippen LogP contribution in [0.4, 0.5) is 0 Å². The van der Waals surface area contributed by atoms with Crippen molar-refractivity contribution in [1.29, 1.82) is 0 Å². The van der Waals surface area contributed by atoms with Crippen molar-refractivity contribution in [1.82, 2.24) is 8.97 Å². The van der Waals surface area contributed by atoms with Crippen molar-refractivity contribution < 1.29 is 5.48 Å². The molecule has 0 atom stereocenters. The monoisotopic (exact) mass is 362 g/mol. The van der Waals surface area contributed by atoms with Crippen LogP contribution in [0, 0.1) is 6.92 Å². The number of fused-ring (bicyclic) bond motifs is 5. The van der Waals surface area contributed by atoms with Crippen LogP contribution in [0.5, 0.6) is 0 Å². The highest BCUT2D eigenvalue weighted by atomic mass is 15.0. The highest BCUT2D eigenvalue weighted by Crippen LogP contribution is 2.42. The molecule has 132 valence electrons. The van der Waals surface area contributed by atoms with E-state index in [-0.39, 0.29) is 12.1 Å². The van der Waals surface area contributed by atoms with Crippen molar-refractivity contribution in [2.24, 2.45) is 7.05 Å². The molecule has 3 heterocycles. The van der Waals surface area contributed by atoms with E-state index in [4.69, 9.17) is 5.48 Å². The number of para-hydroxylation sites is 2. The number of rotatable bonds is 0. The largest absolute Gasteiger partial charge is 0.344 e. The first-order valence-corrected chi connectivity index (χ1v) is 9.46. The van der Waals surface area contributed by atoms with Gasteiger partial charge in [0.1, 0.15) is 0 Å². The summed E-state index contributed by atoms with van der Waals surface area (Å²) < 4.78 is 39.2. The molecule has 2 nitrogen and oxygen atoms in total. The second-order valence-electron chi connectivity index (χ2n) is 7.61. The fraction of sp³-hybridized carbons (Fsp3) is 0.0769. The molecule has 0 fully saturated rings. The van der Waals surface area contributed by atoms with Gasteiger partial charge in [-0.3, -0.25) is 0 Å². The Bertz CT molecular complexity index is 1940. The quantitative estimate of drug-likeness (QED) is 0.281. The van der Waals surface area contributed by atoms with Crippen LogP contribution >= 0.6 is 0 Å². The van der Waals surface area contributed by atoms with Gasteiger partial charge in [-0.15, -0.1) is 0 Å². The number of aryl methyl sites for hydroxylation is 1. The molecular weight excluding hydrogens is 340 g/mol. The van der Waals surface area contributed by atoms with E-state index in [9.17, 15) is 0 Å². The maximum absolute atomic E-state index is 9.11. The molecule has 0 bridgehead atoms. The van der Waals surface area contributed by atoms with Crippen molar-refractivity contribution in [3.8, 4) is 0 Å². The molecule has 3 aromatic heterocycles. The topological polar surface area (TPSA) is 9.34 Å². The van der Waals surface area contributed by atoms with E-state index in [1.165, 1.54) is 0 Å². The van der Waals surface area contributed by atoms with Crippen LogP contribution in [0.25, 0.3) is 59.9 Å². The lowest BCUT2D eigenvalue weighted by Gasteiger charge is -2.05. The predicted molar refractivity (Wildman–Crippen MR) is 120 cm³/mol. The SMILES string of the molecule is [2H]c1cc2c3cccc4c5ccccc5n(c5c([2H])c(C)c([2H])c6c5c2c(c1[2H])n6C)c34. The molecule has 0 aliphatic heterocycles. The van der Waals surface area contributed by atoms with Gasteiger partial charge in [-0.05, 0) is 42.1 Å². The summed E-state index contributed by atoms with van der Waals surface area (Å²) in [6.45, 7) is 1.83. The van der Waals surface area contributed by atoms with Crippen molar-refractivity contribution >= 4 is 59.9 Å². The fourth-order valence-electron chi connectivity index (χ4n) is 5.02. The molecule has 28 heavy (non-hydrogen) atoms. The number of nitrogens with zero attached hydrogens (tertiary/aromatic N) is 2. The zero-order chi connectivity index (χ0) is 22.0. The molecular formula is C26H18N2. The lowest BCUT2D eigenvalue weighted by molar-refractivity contribution is 1.01. The second kappa shape index (κ2) is 4.66. The second-order valence-corrected chi connectivity index (χ2v) is 7.61. The Kier molecular flexibility index (Phi) is 1.89. The maximum Gasteiger partial charge on any atom is 0.0648 e. The van der Waals surface area contributed by atoms with Gasteiger partial charge in [-0.2, -0.15) is 0 Å². The van der Waals surface area contributed by atoms with E-state index < -0.39 is 0 Å². The van der Waals surface area contributed by atoms with E-state index in [1.54, 1.807) is 6.07 Å². The maximum atomic E-state index is 9.11. The van der Waals surface area contributed by atoms with Gasteiger partial charge >= 0.3 is 0 Å². The summed E-state index contributed by atoms with van der Waals surface area (Å²) in [5, 5.41) is 5.78. The van der Waals surface area contributed by atoms with E-state index in [0.717, 1.165) is 48.9 Å².